The molecular formula is C8H11BO2S. The minimum Gasteiger partial charge on any atom is -0.423 e. The SMILES string of the molecule is Cc1cc(S)cc(C)c1B(O)O. The first kappa shape index (κ1) is 9.64. The van der Waals surface area contributed by atoms with E-state index in [1.54, 1.807) is 0 Å². The van der Waals surface area contributed by atoms with Gasteiger partial charge in [-0.25, -0.2) is 0 Å². The van der Waals surface area contributed by atoms with Crippen LogP contribution in [0.25, 0.3) is 0 Å². The standard InChI is InChI=1S/C8H11BO2S/c1-5-3-7(12)4-6(2)8(5)9(10)11/h3-4,10-12H,1-2H3. The Labute approximate surface area is 77.8 Å². The monoisotopic (exact) mass is 182 g/mol. The smallest absolute Gasteiger partial charge is 0.423 e. The predicted octanol–water partition coefficient (Wildman–Crippen LogP) is 0.272. The van der Waals surface area contributed by atoms with Crippen molar-refractivity contribution < 1.29 is 10.0 Å². The second-order valence-electron chi connectivity index (χ2n) is 2.87. The summed E-state index contributed by atoms with van der Waals surface area (Å²) in [6.07, 6.45) is 0. The van der Waals surface area contributed by atoms with Crippen molar-refractivity contribution in [3.05, 3.63) is 23.3 Å². The van der Waals surface area contributed by atoms with Gasteiger partial charge in [-0.05, 0) is 42.6 Å². The van der Waals surface area contributed by atoms with Gasteiger partial charge < -0.3 is 10.0 Å². The number of thiol groups is 1. The minimum atomic E-state index is -1.39. The normalized spacial score (nSPS) is 10.1. The van der Waals surface area contributed by atoms with Gasteiger partial charge in [0.2, 0.25) is 0 Å². The molecule has 0 amide bonds. The lowest BCUT2D eigenvalue weighted by Crippen LogP contribution is -2.34. The van der Waals surface area contributed by atoms with Crippen molar-refractivity contribution in [2.45, 2.75) is 18.7 Å². The first-order valence-corrected chi connectivity index (χ1v) is 4.13. The molecule has 1 aromatic rings. The first-order valence-electron chi connectivity index (χ1n) is 3.68. The van der Waals surface area contributed by atoms with Gasteiger partial charge in [0.1, 0.15) is 0 Å². The summed E-state index contributed by atoms with van der Waals surface area (Å²) in [6.45, 7) is 3.67. The van der Waals surface area contributed by atoms with Crippen LogP contribution in [0.3, 0.4) is 0 Å². The van der Waals surface area contributed by atoms with E-state index < -0.39 is 7.12 Å². The highest BCUT2D eigenvalue weighted by Crippen LogP contribution is 2.10. The third-order valence-electron chi connectivity index (χ3n) is 1.84. The van der Waals surface area contributed by atoms with Crippen molar-refractivity contribution in [3.63, 3.8) is 0 Å². The van der Waals surface area contributed by atoms with Crippen LogP contribution in [-0.4, -0.2) is 17.2 Å². The van der Waals surface area contributed by atoms with Crippen LogP contribution in [-0.2, 0) is 0 Å². The average Bonchev–Trinajstić information content (AvgIpc) is 1.82. The van der Waals surface area contributed by atoms with Gasteiger partial charge in [-0.2, -0.15) is 0 Å². The lowest BCUT2D eigenvalue weighted by molar-refractivity contribution is 0.425. The zero-order valence-corrected chi connectivity index (χ0v) is 7.97. The highest BCUT2D eigenvalue weighted by molar-refractivity contribution is 7.80. The lowest BCUT2D eigenvalue weighted by atomic mass is 9.74. The van der Waals surface area contributed by atoms with Crippen LogP contribution >= 0.6 is 12.6 Å². The maximum absolute atomic E-state index is 9.01. The molecule has 0 aliphatic heterocycles. The molecule has 0 aromatic heterocycles. The maximum atomic E-state index is 9.01. The molecule has 0 spiro atoms. The van der Waals surface area contributed by atoms with Gasteiger partial charge in [0.25, 0.3) is 0 Å². The van der Waals surface area contributed by atoms with Gasteiger partial charge in [-0.1, -0.05) is 0 Å². The Balaban J connectivity index is 3.28. The van der Waals surface area contributed by atoms with Crippen LogP contribution in [0.2, 0.25) is 0 Å². The number of hydrogen-bond acceptors (Lipinski definition) is 3. The van der Waals surface area contributed by atoms with E-state index >= 15 is 0 Å². The molecule has 0 aliphatic carbocycles. The molecule has 12 heavy (non-hydrogen) atoms. The van der Waals surface area contributed by atoms with Crippen molar-refractivity contribution >= 4 is 25.2 Å². The van der Waals surface area contributed by atoms with Gasteiger partial charge in [0.15, 0.2) is 0 Å². The topological polar surface area (TPSA) is 40.5 Å². The van der Waals surface area contributed by atoms with Gasteiger partial charge in [-0.3, -0.25) is 0 Å². The fraction of sp³-hybridized carbons (Fsp3) is 0.250. The van der Waals surface area contributed by atoms with Crippen LogP contribution in [0.4, 0.5) is 0 Å². The summed E-state index contributed by atoms with van der Waals surface area (Å²) < 4.78 is 0. The summed E-state index contributed by atoms with van der Waals surface area (Å²) in [7, 11) is -1.39. The summed E-state index contributed by atoms with van der Waals surface area (Å²) in [5, 5.41) is 18.0. The Morgan fingerprint density at radius 1 is 1.17 bits per heavy atom. The molecule has 0 fully saturated rings. The van der Waals surface area contributed by atoms with E-state index in [1.807, 2.05) is 26.0 Å². The zero-order valence-electron chi connectivity index (χ0n) is 7.07. The Kier molecular flexibility index (Phi) is 2.83. The fourth-order valence-corrected chi connectivity index (χ4v) is 1.75. The largest absolute Gasteiger partial charge is 0.488 e. The van der Waals surface area contributed by atoms with E-state index in [2.05, 4.69) is 12.6 Å². The van der Waals surface area contributed by atoms with E-state index in [9.17, 15) is 0 Å². The molecule has 0 radical (unpaired) electrons. The molecule has 0 atom stereocenters. The molecule has 1 aromatic carbocycles. The summed E-state index contributed by atoms with van der Waals surface area (Å²) >= 11 is 4.18. The van der Waals surface area contributed by atoms with Gasteiger partial charge in [0, 0.05) is 4.90 Å². The predicted molar refractivity (Wildman–Crippen MR) is 53.0 cm³/mol. The molecular weight excluding hydrogens is 171 g/mol. The Morgan fingerprint density at radius 3 is 1.92 bits per heavy atom. The third-order valence-corrected chi connectivity index (χ3v) is 2.09. The van der Waals surface area contributed by atoms with Gasteiger partial charge in [0.05, 0.1) is 0 Å². The van der Waals surface area contributed by atoms with Crippen molar-refractivity contribution in [1.29, 1.82) is 0 Å². The van der Waals surface area contributed by atoms with Crippen LogP contribution in [0.5, 0.6) is 0 Å². The van der Waals surface area contributed by atoms with E-state index in [4.69, 9.17) is 10.0 Å². The van der Waals surface area contributed by atoms with Crippen LogP contribution in [0, 0.1) is 13.8 Å². The quantitative estimate of drug-likeness (QED) is 0.431. The highest BCUT2D eigenvalue weighted by Gasteiger charge is 2.16. The maximum Gasteiger partial charge on any atom is 0.488 e. The van der Waals surface area contributed by atoms with E-state index in [0.717, 1.165) is 16.0 Å². The molecule has 0 aliphatic rings. The van der Waals surface area contributed by atoms with Gasteiger partial charge >= 0.3 is 7.12 Å². The number of hydrogen-bond donors (Lipinski definition) is 3. The zero-order chi connectivity index (χ0) is 9.30. The molecule has 1 rings (SSSR count). The van der Waals surface area contributed by atoms with Crippen molar-refractivity contribution in [1.82, 2.24) is 0 Å². The second kappa shape index (κ2) is 3.52. The second-order valence-corrected chi connectivity index (χ2v) is 3.38. The first-order chi connectivity index (χ1) is 5.52. The van der Waals surface area contributed by atoms with Crippen molar-refractivity contribution in [2.75, 3.05) is 0 Å². The Bertz CT molecular complexity index is 276. The molecule has 0 saturated carbocycles. The highest BCUT2D eigenvalue weighted by atomic mass is 32.1. The molecule has 64 valence electrons. The number of aryl methyl sites for hydroxylation is 2. The molecule has 0 saturated heterocycles. The van der Waals surface area contributed by atoms with E-state index in [1.165, 1.54) is 0 Å². The van der Waals surface area contributed by atoms with Crippen LogP contribution in [0.15, 0.2) is 17.0 Å². The fourth-order valence-electron chi connectivity index (χ4n) is 1.36. The number of benzene rings is 1. The summed E-state index contributed by atoms with van der Waals surface area (Å²) in [4.78, 5) is 0.842. The molecule has 0 unspecified atom stereocenters. The third kappa shape index (κ3) is 1.83. The summed E-state index contributed by atoms with van der Waals surface area (Å²) in [5.74, 6) is 0. The van der Waals surface area contributed by atoms with E-state index in [-0.39, 0.29) is 0 Å². The molecule has 2 N–H and O–H groups in total. The molecule has 4 heteroatoms. The van der Waals surface area contributed by atoms with Crippen LogP contribution in [0.1, 0.15) is 11.1 Å². The Morgan fingerprint density at radius 2 is 1.58 bits per heavy atom. The average molecular weight is 182 g/mol. The number of rotatable bonds is 1. The van der Waals surface area contributed by atoms with Crippen molar-refractivity contribution in [2.24, 2.45) is 0 Å². The lowest BCUT2D eigenvalue weighted by Gasteiger charge is -2.09. The molecule has 0 bridgehead atoms. The summed E-state index contributed by atoms with van der Waals surface area (Å²) in [6, 6.07) is 3.62. The molecule has 2 nitrogen and oxygen atoms in total. The van der Waals surface area contributed by atoms with Crippen molar-refractivity contribution in [3.8, 4) is 0 Å². The summed E-state index contributed by atoms with van der Waals surface area (Å²) in [5.41, 5.74) is 2.29. The van der Waals surface area contributed by atoms with Crippen LogP contribution < -0.4 is 5.46 Å². The Hall–Kier alpha value is -0.445. The van der Waals surface area contributed by atoms with Gasteiger partial charge in [-0.15, -0.1) is 12.6 Å². The molecule has 0 heterocycles. The minimum absolute atomic E-state index is 0.577. The van der Waals surface area contributed by atoms with E-state index in [0.29, 0.717) is 5.46 Å².